The highest BCUT2D eigenvalue weighted by Crippen LogP contribution is 2.35. The summed E-state index contributed by atoms with van der Waals surface area (Å²) in [4.78, 5) is 4.05. The molecule has 4 nitrogen and oxygen atoms in total. The fraction of sp³-hybridized carbons (Fsp3) is 0.500. The summed E-state index contributed by atoms with van der Waals surface area (Å²) in [5.41, 5.74) is 2.35. The zero-order valence-corrected chi connectivity index (χ0v) is 9.74. The topological polar surface area (TPSA) is 59.4 Å². The molecule has 0 aliphatic carbocycles. The third-order valence-corrected chi connectivity index (χ3v) is 4.54. The van der Waals surface area contributed by atoms with Crippen molar-refractivity contribution in [3.05, 3.63) is 11.2 Å². The molecule has 1 aliphatic rings. The monoisotopic (exact) mass is 230 g/mol. The molecule has 2 heterocycles. The maximum atomic E-state index is 11.6. The SMILES string of the molecule is CC(C)(C)C1=NS(=O)(=O)c2scnc21. The molecule has 0 bridgehead atoms. The third kappa shape index (κ3) is 1.29. The second-order valence-corrected chi connectivity index (χ2v) is 6.81. The average molecular weight is 230 g/mol. The molecule has 2 rings (SSSR count). The number of hydrogen-bond donors (Lipinski definition) is 0. The van der Waals surface area contributed by atoms with Gasteiger partial charge < -0.3 is 0 Å². The van der Waals surface area contributed by atoms with Crippen molar-refractivity contribution in [2.24, 2.45) is 9.81 Å². The maximum absolute atomic E-state index is 11.6. The van der Waals surface area contributed by atoms with Crippen LogP contribution in [0, 0.1) is 5.41 Å². The molecule has 0 N–H and O–H groups in total. The van der Waals surface area contributed by atoms with Crippen molar-refractivity contribution in [3.63, 3.8) is 0 Å². The smallest absolute Gasteiger partial charge is 0.242 e. The molecule has 0 saturated carbocycles. The third-order valence-electron chi connectivity index (χ3n) is 1.92. The molecule has 14 heavy (non-hydrogen) atoms. The van der Waals surface area contributed by atoms with Crippen molar-refractivity contribution in [3.8, 4) is 0 Å². The van der Waals surface area contributed by atoms with E-state index in [1.807, 2.05) is 20.8 Å². The second-order valence-electron chi connectivity index (χ2n) is 4.15. The average Bonchev–Trinajstić information content (AvgIpc) is 2.51. The molecule has 0 spiro atoms. The number of nitrogens with zero attached hydrogens (tertiary/aromatic N) is 2. The van der Waals surface area contributed by atoms with Gasteiger partial charge in [-0.2, -0.15) is 12.8 Å². The van der Waals surface area contributed by atoms with Gasteiger partial charge in [-0.25, -0.2) is 4.98 Å². The zero-order valence-electron chi connectivity index (χ0n) is 8.10. The highest BCUT2D eigenvalue weighted by Gasteiger charge is 2.37. The Morgan fingerprint density at radius 2 is 2.00 bits per heavy atom. The van der Waals surface area contributed by atoms with Crippen LogP contribution in [-0.2, 0) is 10.0 Å². The predicted molar refractivity (Wildman–Crippen MR) is 55.3 cm³/mol. The standard InChI is InChI=1S/C8H10N2O2S2/c1-8(2,3)6-5-7(13-4-9-5)14(11,12)10-6/h4H,1-3H3. The first-order chi connectivity index (χ1) is 6.32. The minimum Gasteiger partial charge on any atom is -0.242 e. The Kier molecular flexibility index (Phi) is 1.84. The molecule has 0 aromatic carbocycles. The fourth-order valence-corrected chi connectivity index (χ4v) is 3.59. The summed E-state index contributed by atoms with van der Waals surface area (Å²) in [6, 6.07) is 0. The Balaban J connectivity index is 2.72. The van der Waals surface area contributed by atoms with Gasteiger partial charge in [0, 0.05) is 5.41 Å². The lowest BCUT2D eigenvalue weighted by Crippen LogP contribution is -2.20. The van der Waals surface area contributed by atoms with E-state index in [-0.39, 0.29) is 9.62 Å². The molecular formula is C8H10N2O2S2. The van der Waals surface area contributed by atoms with E-state index < -0.39 is 10.0 Å². The van der Waals surface area contributed by atoms with E-state index in [9.17, 15) is 8.42 Å². The molecule has 1 aliphatic heterocycles. The van der Waals surface area contributed by atoms with Gasteiger partial charge in [0.05, 0.1) is 11.2 Å². The first-order valence-corrected chi connectivity index (χ1v) is 6.43. The Hall–Kier alpha value is -0.750. The van der Waals surface area contributed by atoms with E-state index in [1.54, 1.807) is 5.51 Å². The highest BCUT2D eigenvalue weighted by atomic mass is 32.2. The van der Waals surface area contributed by atoms with Crippen molar-refractivity contribution < 1.29 is 8.42 Å². The number of hydrogen-bond acceptors (Lipinski definition) is 4. The predicted octanol–water partition coefficient (Wildman–Crippen LogP) is 1.68. The first-order valence-electron chi connectivity index (χ1n) is 4.12. The quantitative estimate of drug-likeness (QED) is 0.681. The van der Waals surface area contributed by atoms with Gasteiger partial charge in [-0.15, -0.1) is 11.3 Å². The van der Waals surface area contributed by atoms with E-state index in [4.69, 9.17) is 0 Å². The number of rotatable bonds is 0. The molecule has 0 radical (unpaired) electrons. The molecule has 76 valence electrons. The molecule has 0 saturated heterocycles. The van der Waals surface area contributed by atoms with Gasteiger partial charge >= 0.3 is 0 Å². The summed E-state index contributed by atoms with van der Waals surface area (Å²) in [5.74, 6) is 0. The number of aromatic nitrogens is 1. The van der Waals surface area contributed by atoms with Crippen LogP contribution in [0.4, 0.5) is 0 Å². The Morgan fingerprint density at radius 1 is 1.36 bits per heavy atom. The van der Waals surface area contributed by atoms with Crippen LogP contribution in [0.15, 0.2) is 14.1 Å². The molecule has 6 heteroatoms. The van der Waals surface area contributed by atoms with Crippen molar-refractivity contribution in [2.75, 3.05) is 0 Å². The van der Waals surface area contributed by atoms with Crippen LogP contribution in [0.5, 0.6) is 0 Å². The minimum absolute atomic E-state index is 0.280. The van der Waals surface area contributed by atoms with E-state index in [2.05, 4.69) is 9.38 Å². The Morgan fingerprint density at radius 3 is 2.57 bits per heavy atom. The lowest BCUT2D eigenvalue weighted by Gasteiger charge is -2.16. The minimum atomic E-state index is -3.45. The lowest BCUT2D eigenvalue weighted by atomic mass is 9.89. The van der Waals surface area contributed by atoms with Gasteiger partial charge in [0.2, 0.25) is 0 Å². The normalized spacial score (nSPS) is 19.2. The largest absolute Gasteiger partial charge is 0.294 e. The van der Waals surface area contributed by atoms with Gasteiger partial charge in [-0.05, 0) is 0 Å². The Labute approximate surface area is 86.8 Å². The molecule has 0 amide bonds. The molecule has 0 fully saturated rings. The van der Waals surface area contributed by atoms with Gasteiger partial charge in [0.1, 0.15) is 5.69 Å². The van der Waals surface area contributed by atoms with Crippen molar-refractivity contribution >= 4 is 27.1 Å². The summed E-state index contributed by atoms with van der Waals surface area (Å²) in [6.45, 7) is 5.78. The summed E-state index contributed by atoms with van der Waals surface area (Å²) in [7, 11) is -3.45. The molecule has 1 aromatic rings. The van der Waals surface area contributed by atoms with Crippen LogP contribution in [-0.4, -0.2) is 19.1 Å². The van der Waals surface area contributed by atoms with Gasteiger partial charge in [-0.1, -0.05) is 20.8 Å². The van der Waals surface area contributed by atoms with Gasteiger partial charge in [0.15, 0.2) is 4.21 Å². The van der Waals surface area contributed by atoms with Crippen LogP contribution < -0.4 is 0 Å². The van der Waals surface area contributed by atoms with Crippen LogP contribution in [0.2, 0.25) is 0 Å². The maximum Gasteiger partial charge on any atom is 0.294 e. The van der Waals surface area contributed by atoms with Crippen LogP contribution in [0.3, 0.4) is 0 Å². The van der Waals surface area contributed by atoms with E-state index in [1.165, 1.54) is 0 Å². The van der Waals surface area contributed by atoms with Crippen LogP contribution in [0.25, 0.3) is 0 Å². The first kappa shape index (κ1) is 9.79. The van der Waals surface area contributed by atoms with E-state index in [0.29, 0.717) is 11.4 Å². The van der Waals surface area contributed by atoms with Crippen LogP contribution >= 0.6 is 11.3 Å². The lowest BCUT2D eigenvalue weighted by molar-refractivity contribution is 0.588. The van der Waals surface area contributed by atoms with Crippen molar-refractivity contribution in [1.29, 1.82) is 0 Å². The number of thiazole rings is 1. The molecule has 0 unspecified atom stereocenters. The summed E-state index contributed by atoms with van der Waals surface area (Å²) >= 11 is 1.13. The van der Waals surface area contributed by atoms with Crippen molar-refractivity contribution in [2.45, 2.75) is 25.0 Å². The second kappa shape index (κ2) is 2.64. The highest BCUT2D eigenvalue weighted by molar-refractivity contribution is 7.92. The number of fused-ring (bicyclic) bond motifs is 1. The molecule has 0 atom stereocenters. The van der Waals surface area contributed by atoms with E-state index in [0.717, 1.165) is 11.3 Å². The molecule has 1 aromatic heterocycles. The summed E-state index contributed by atoms with van der Waals surface area (Å²) in [6.07, 6.45) is 0. The number of sulfonamides is 1. The summed E-state index contributed by atoms with van der Waals surface area (Å²) in [5, 5.41) is 0. The van der Waals surface area contributed by atoms with E-state index >= 15 is 0 Å². The van der Waals surface area contributed by atoms with Gasteiger partial charge in [0.25, 0.3) is 10.0 Å². The Bertz CT molecular complexity index is 506. The van der Waals surface area contributed by atoms with Crippen LogP contribution in [0.1, 0.15) is 26.5 Å². The summed E-state index contributed by atoms with van der Waals surface area (Å²) < 4.78 is 27.1. The zero-order chi connectivity index (χ0) is 10.6. The molecular weight excluding hydrogens is 220 g/mol. The fourth-order valence-electron chi connectivity index (χ4n) is 1.27. The van der Waals surface area contributed by atoms with Gasteiger partial charge in [-0.3, -0.25) is 0 Å². The van der Waals surface area contributed by atoms with Crippen molar-refractivity contribution in [1.82, 2.24) is 4.98 Å².